The van der Waals surface area contributed by atoms with Gasteiger partial charge in [0.2, 0.25) is 5.91 Å². The molecule has 1 heterocycles. The smallest absolute Gasteiger partial charge is 0.254 e. The summed E-state index contributed by atoms with van der Waals surface area (Å²) in [6.45, 7) is 7.25. The van der Waals surface area contributed by atoms with E-state index in [0.29, 0.717) is 43.2 Å². The predicted octanol–water partition coefficient (Wildman–Crippen LogP) is 3.72. The van der Waals surface area contributed by atoms with Crippen molar-refractivity contribution in [3.05, 3.63) is 57.3 Å². The highest BCUT2D eigenvalue weighted by atomic mass is 16.5. The quantitative estimate of drug-likeness (QED) is 0.682. The minimum absolute atomic E-state index is 0.117. The molecule has 1 N–H and O–H groups in total. The third-order valence-corrected chi connectivity index (χ3v) is 5.72. The van der Waals surface area contributed by atoms with Crippen LogP contribution in [-0.2, 0) is 24.2 Å². The number of methoxy groups -OCH3 is 1. The number of ether oxygens (including phenoxy) is 1. The van der Waals surface area contributed by atoms with Crippen LogP contribution in [0.1, 0.15) is 62.7 Å². The van der Waals surface area contributed by atoms with Crippen molar-refractivity contribution in [3.63, 3.8) is 0 Å². The Morgan fingerprint density at radius 2 is 1.97 bits per heavy atom. The number of amides is 1. The molecule has 3 rings (SSSR count). The summed E-state index contributed by atoms with van der Waals surface area (Å²) in [6.07, 6.45) is 4.26. The lowest BCUT2D eigenvalue weighted by Crippen LogP contribution is -2.41. The summed E-state index contributed by atoms with van der Waals surface area (Å²) in [4.78, 5) is 35.3. The van der Waals surface area contributed by atoms with Gasteiger partial charge in [-0.05, 0) is 42.9 Å². The first-order valence-corrected chi connectivity index (χ1v) is 10.9. The maximum absolute atomic E-state index is 12.9. The van der Waals surface area contributed by atoms with Gasteiger partial charge in [0.05, 0.1) is 19.3 Å². The van der Waals surface area contributed by atoms with Crippen LogP contribution >= 0.6 is 0 Å². The molecule has 0 unspecified atom stereocenters. The molecule has 162 valence electrons. The summed E-state index contributed by atoms with van der Waals surface area (Å²) >= 11 is 0. The summed E-state index contributed by atoms with van der Waals surface area (Å²) in [5.41, 5.74) is 2.40. The van der Waals surface area contributed by atoms with E-state index in [1.165, 1.54) is 0 Å². The Kier molecular flexibility index (Phi) is 7.29. The van der Waals surface area contributed by atoms with Gasteiger partial charge in [-0.2, -0.15) is 0 Å². The van der Waals surface area contributed by atoms with Gasteiger partial charge in [0, 0.05) is 24.4 Å². The van der Waals surface area contributed by atoms with E-state index in [1.807, 2.05) is 36.1 Å². The number of benzene rings is 1. The van der Waals surface area contributed by atoms with Crippen LogP contribution in [-0.4, -0.2) is 34.4 Å². The lowest BCUT2D eigenvalue weighted by Gasteiger charge is -2.32. The fourth-order valence-electron chi connectivity index (χ4n) is 3.86. The first kappa shape index (κ1) is 22.1. The highest BCUT2D eigenvalue weighted by Crippen LogP contribution is 2.29. The molecule has 0 radical (unpaired) electrons. The SMILES string of the molecule is CCc1nc(CN(CC(C)C)C(=O)C2CCC2)[nH]c(=O)c1Cc1ccc(OC)cc1. The summed E-state index contributed by atoms with van der Waals surface area (Å²) in [5.74, 6) is 2.05. The predicted molar refractivity (Wildman–Crippen MR) is 118 cm³/mol. The van der Waals surface area contributed by atoms with Crippen LogP contribution in [0.15, 0.2) is 29.1 Å². The van der Waals surface area contributed by atoms with Crippen LogP contribution in [0.5, 0.6) is 5.75 Å². The fraction of sp³-hybridized carbons (Fsp3) is 0.542. The van der Waals surface area contributed by atoms with Gasteiger partial charge >= 0.3 is 0 Å². The van der Waals surface area contributed by atoms with Crippen molar-refractivity contribution in [2.24, 2.45) is 11.8 Å². The molecule has 1 aliphatic carbocycles. The highest BCUT2D eigenvalue weighted by molar-refractivity contribution is 5.79. The normalized spacial score (nSPS) is 13.9. The molecule has 6 nitrogen and oxygen atoms in total. The van der Waals surface area contributed by atoms with Crippen molar-refractivity contribution in [1.82, 2.24) is 14.9 Å². The number of H-pyrrole nitrogens is 1. The largest absolute Gasteiger partial charge is 0.497 e. The number of carbonyl (C=O) groups is 1. The van der Waals surface area contributed by atoms with Crippen LogP contribution in [0.25, 0.3) is 0 Å². The third-order valence-electron chi connectivity index (χ3n) is 5.72. The van der Waals surface area contributed by atoms with Crippen LogP contribution in [0.2, 0.25) is 0 Å². The zero-order chi connectivity index (χ0) is 21.7. The maximum atomic E-state index is 12.9. The Bertz CT molecular complexity index is 914. The number of nitrogens with one attached hydrogen (secondary N) is 1. The number of rotatable bonds is 9. The van der Waals surface area contributed by atoms with E-state index in [9.17, 15) is 9.59 Å². The molecule has 0 saturated heterocycles. The first-order valence-electron chi connectivity index (χ1n) is 10.9. The van der Waals surface area contributed by atoms with Crippen LogP contribution < -0.4 is 10.3 Å². The molecule has 1 fully saturated rings. The van der Waals surface area contributed by atoms with Crippen molar-refractivity contribution >= 4 is 5.91 Å². The van der Waals surface area contributed by atoms with Gasteiger partial charge in [-0.15, -0.1) is 0 Å². The molecule has 1 aliphatic rings. The zero-order valence-electron chi connectivity index (χ0n) is 18.5. The summed E-state index contributed by atoms with van der Waals surface area (Å²) < 4.78 is 5.20. The molecule has 1 amide bonds. The minimum atomic E-state index is -0.117. The van der Waals surface area contributed by atoms with Gasteiger partial charge in [0.25, 0.3) is 5.56 Å². The fourth-order valence-corrected chi connectivity index (χ4v) is 3.86. The summed E-state index contributed by atoms with van der Waals surface area (Å²) in [6, 6.07) is 7.72. The number of aromatic nitrogens is 2. The maximum Gasteiger partial charge on any atom is 0.254 e. The lowest BCUT2D eigenvalue weighted by molar-refractivity contribution is -0.139. The van der Waals surface area contributed by atoms with E-state index in [1.54, 1.807) is 7.11 Å². The average Bonchev–Trinajstić information content (AvgIpc) is 2.68. The molecule has 0 spiro atoms. The van der Waals surface area contributed by atoms with Gasteiger partial charge in [-0.25, -0.2) is 4.98 Å². The van der Waals surface area contributed by atoms with Crippen molar-refractivity contribution < 1.29 is 9.53 Å². The molecule has 1 saturated carbocycles. The van der Waals surface area contributed by atoms with Crippen LogP contribution in [0.3, 0.4) is 0 Å². The van der Waals surface area contributed by atoms with Gasteiger partial charge in [0.1, 0.15) is 11.6 Å². The second kappa shape index (κ2) is 9.92. The summed E-state index contributed by atoms with van der Waals surface area (Å²) in [7, 11) is 1.63. The van der Waals surface area contributed by atoms with Crippen molar-refractivity contribution in [1.29, 1.82) is 0 Å². The van der Waals surface area contributed by atoms with Crippen LogP contribution in [0, 0.1) is 11.8 Å². The number of aromatic amines is 1. The topological polar surface area (TPSA) is 75.3 Å². The monoisotopic (exact) mass is 411 g/mol. The van der Waals surface area contributed by atoms with E-state index < -0.39 is 0 Å². The Hall–Kier alpha value is -2.63. The molecule has 0 bridgehead atoms. The second-order valence-electron chi connectivity index (χ2n) is 8.56. The van der Waals surface area contributed by atoms with E-state index >= 15 is 0 Å². The van der Waals surface area contributed by atoms with Crippen molar-refractivity contribution in [2.45, 2.75) is 59.4 Å². The molecular weight excluding hydrogens is 378 g/mol. The molecular formula is C24H33N3O3. The van der Waals surface area contributed by atoms with Gasteiger partial charge < -0.3 is 14.6 Å². The van der Waals surface area contributed by atoms with E-state index in [0.717, 1.165) is 36.3 Å². The van der Waals surface area contributed by atoms with E-state index in [2.05, 4.69) is 18.8 Å². The van der Waals surface area contributed by atoms with Gasteiger partial charge in [-0.3, -0.25) is 9.59 Å². The summed E-state index contributed by atoms with van der Waals surface area (Å²) in [5, 5.41) is 0. The minimum Gasteiger partial charge on any atom is -0.497 e. The lowest BCUT2D eigenvalue weighted by atomic mass is 9.84. The molecule has 0 aliphatic heterocycles. The Morgan fingerprint density at radius 3 is 2.50 bits per heavy atom. The Morgan fingerprint density at radius 1 is 1.27 bits per heavy atom. The number of aryl methyl sites for hydroxylation is 1. The number of hydrogen-bond donors (Lipinski definition) is 1. The van der Waals surface area contributed by atoms with Gasteiger partial charge in [-0.1, -0.05) is 39.3 Å². The average molecular weight is 412 g/mol. The molecule has 30 heavy (non-hydrogen) atoms. The number of hydrogen-bond acceptors (Lipinski definition) is 4. The number of nitrogens with zero attached hydrogens (tertiary/aromatic N) is 2. The second-order valence-corrected chi connectivity index (χ2v) is 8.56. The molecule has 2 aromatic rings. The van der Waals surface area contributed by atoms with Gasteiger partial charge in [0.15, 0.2) is 0 Å². The van der Waals surface area contributed by atoms with Crippen molar-refractivity contribution in [3.8, 4) is 5.75 Å². The van der Waals surface area contributed by atoms with E-state index in [4.69, 9.17) is 9.72 Å². The van der Waals surface area contributed by atoms with Crippen LogP contribution in [0.4, 0.5) is 0 Å². The highest BCUT2D eigenvalue weighted by Gasteiger charge is 2.30. The third kappa shape index (κ3) is 5.29. The molecule has 0 atom stereocenters. The zero-order valence-corrected chi connectivity index (χ0v) is 18.5. The molecule has 6 heteroatoms. The Labute approximate surface area is 178 Å². The standard InChI is InChI=1S/C24H33N3O3/c1-5-21-20(13-17-9-11-19(30-4)12-10-17)23(28)26-22(25-21)15-27(14-16(2)3)24(29)18-7-6-8-18/h9-12,16,18H,5-8,13-15H2,1-4H3,(H,25,26,28). The van der Waals surface area contributed by atoms with E-state index in [-0.39, 0.29) is 17.4 Å². The number of carbonyl (C=O) groups excluding carboxylic acids is 1. The molecule has 1 aromatic heterocycles. The first-order chi connectivity index (χ1) is 14.4. The molecule has 1 aromatic carbocycles. The Balaban J connectivity index is 1.82. The van der Waals surface area contributed by atoms with Crippen molar-refractivity contribution in [2.75, 3.05) is 13.7 Å².